The highest BCUT2D eigenvalue weighted by Crippen LogP contribution is 2.29. The number of imidazole rings is 1. The predicted octanol–water partition coefficient (Wildman–Crippen LogP) is 2.58. The number of pyridine rings is 1. The van der Waals surface area contributed by atoms with Crippen LogP contribution in [0.5, 0.6) is 0 Å². The molecule has 0 radical (unpaired) electrons. The minimum absolute atomic E-state index is 0.0759. The highest BCUT2D eigenvalue weighted by atomic mass is 32.2. The summed E-state index contributed by atoms with van der Waals surface area (Å²) in [5.74, 6) is -0.396. The Kier molecular flexibility index (Phi) is 5.86. The molecule has 160 valence electrons. The largest absolute Gasteiger partial charge is 0.417 e. The molecule has 0 atom stereocenters. The van der Waals surface area contributed by atoms with Crippen molar-refractivity contribution >= 4 is 21.6 Å². The predicted molar refractivity (Wildman–Crippen MR) is 104 cm³/mol. The van der Waals surface area contributed by atoms with Crippen molar-refractivity contribution in [2.45, 2.75) is 17.5 Å². The first kappa shape index (κ1) is 21.8. The fourth-order valence-electron chi connectivity index (χ4n) is 2.73. The molecule has 0 spiro atoms. The van der Waals surface area contributed by atoms with Gasteiger partial charge in [0.25, 0.3) is 5.91 Å². The van der Waals surface area contributed by atoms with E-state index in [-0.39, 0.29) is 17.0 Å². The van der Waals surface area contributed by atoms with Crippen LogP contribution in [0.3, 0.4) is 0 Å². The van der Waals surface area contributed by atoms with Crippen LogP contribution in [-0.4, -0.2) is 48.7 Å². The van der Waals surface area contributed by atoms with Crippen LogP contribution in [0.15, 0.2) is 53.7 Å². The monoisotopic (exact) mass is 440 g/mol. The third-order valence-corrected chi connectivity index (χ3v) is 6.22. The summed E-state index contributed by atoms with van der Waals surface area (Å²) in [6.07, 6.45) is -1.67. The number of nitrogens with one attached hydrogen (secondary N) is 1. The number of sulfonamides is 1. The number of fused-ring (bicyclic) bond motifs is 1. The second-order valence-corrected chi connectivity index (χ2v) is 8.88. The zero-order valence-electron chi connectivity index (χ0n) is 16.1. The van der Waals surface area contributed by atoms with Crippen molar-refractivity contribution < 1.29 is 26.4 Å². The minimum Gasteiger partial charge on any atom is -0.352 e. The van der Waals surface area contributed by atoms with Crippen molar-refractivity contribution in [1.82, 2.24) is 19.0 Å². The normalized spacial score (nSPS) is 12.5. The lowest BCUT2D eigenvalue weighted by Crippen LogP contribution is -2.26. The van der Waals surface area contributed by atoms with Crippen LogP contribution in [0, 0.1) is 0 Å². The molecule has 0 unspecified atom stereocenters. The summed E-state index contributed by atoms with van der Waals surface area (Å²) in [7, 11) is -0.745. The number of carbonyl (C=O) groups excluding carboxylic acids is 1. The standard InChI is InChI=1S/C19H19F3N4O3S/c1-25(2)30(28,29)16-6-3-13(4-7-16)18(27)23-10-9-15-12-26-11-14(19(20,21)22)5-8-17(26)24-15/h3-8,11-12H,9-10H2,1-2H3,(H,23,27). The molecule has 2 aromatic heterocycles. The molecule has 1 aromatic carbocycles. The number of halogens is 3. The Labute approximate surface area is 171 Å². The van der Waals surface area contributed by atoms with Crippen LogP contribution in [0.4, 0.5) is 13.2 Å². The highest BCUT2D eigenvalue weighted by Gasteiger charge is 2.30. The number of carbonyl (C=O) groups is 1. The van der Waals surface area contributed by atoms with Crippen molar-refractivity contribution in [3.63, 3.8) is 0 Å². The van der Waals surface area contributed by atoms with Gasteiger partial charge in [-0.15, -0.1) is 0 Å². The van der Waals surface area contributed by atoms with Gasteiger partial charge >= 0.3 is 6.18 Å². The lowest BCUT2D eigenvalue weighted by Gasteiger charge is -2.11. The molecule has 3 aromatic rings. The van der Waals surface area contributed by atoms with Crippen molar-refractivity contribution in [1.29, 1.82) is 0 Å². The Morgan fingerprint density at radius 3 is 2.37 bits per heavy atom. The number of benzene rings is 1. The van der Waals surface area contributed by atoms with E-state index in [0.29, 0.717) is 17.8 Å². The van der Waals surface area contributed by atoms with E-state index < -0.39 is 27.7 Å². The van der Waals surface area contributed by atoms with Gasteiger partial charge in [0.15, 0.2) is 0 Å². The third-order valence-electron chi connectivity index (χ3n) is 4.39. The fourth-order valence-corrected chi connectivity index (χ4v) is 3.63. The topological polar surface area (TPSA) is 83.8 Å². The molecule has 30 heavy (non-hydrogen) atoms. The maximum Gasteiger partial charge on any atom is 0.417 e. The van der Waals surface area contributed by atoms with Gasteiger partial charge in [0.2, 0.25) is 10.0 Å². The second kappa shape index (κ2) is 8.07. The van der Waals surface area contributed by atoms with E-state index in [9.17, 15) is 26.4 Å². The van der Waals surface area contributed by atoms with E-state index in [1.807, 2.05) is 0 Å². The van der Waals surface area contributed by atoms with E-state index in [4.69, 9.17) is 0 Å². The molecular formula is C19H19F3N4O3S. The molecule has 3 rings (SSSR count). The van der Waals surface area contributed by atoms with Gasteiger partial charge in [0, 0.05) is 45.0 Å². The summed E-state index contributed by atoms with van der Waals surface area (Å²) in [5, 5.41) is 2.68. The van der Waals surface area contributed by atoms with Gasteiger partial charge in [0.1, 0.15) is 5.65 Å². The van der Waals surface area contributed by atoms with Gasteiger partial charge in [0.05, 0.1) is 16.2 Å². The lowest BCUT2D eigenvalue weighted by atomic mass is 10.2. The molecule has 1 N–H and O–H groups in total. The molecule has 7 nitrogen and oxygen atoms in total. The molecular weight excluding hydrogens is 421 g/mol. The lowest BCUT2D eigenvalue weighted by molar-refractivity contribution is -0.137. The Bertz CT molecular complexity index is 1170. The Morgan fingerprint density at radius 2 is 1.77 bits per heavy atom. The molecule has 0 saturated heterocycles. The van der Waals surface area contributed by atoms with Crippen molar-refractivity contribution in [3.05, 3.63) is 65.6 Å². The zero-order valence-corrected chi connectivity index (χ0v) is 17.0. The molecule has 0 saturated carbocycles. The Hall–Kier alpha value is -2.92. The minimum atomic E-state index is -4.44. The quantitative estimate of drug-likeness (QED) is 0.639. The first-order valence-corrected chi connectivity index (χ1v) is 10.3. The van der Waals surface area contributed by atoms with Crippen molar-refractivity contribution in [2.75, 3.05) is 20.6 Å². The Morgan fingerprint density at radius 1 is 1.10 bits per heavy atom. The summed E-state index contributed by atoms with van der Waals surface area (Å²) in [5.41, 5.74) is 0.425. The van der Waals surface area contributed by atoms with E-state index >= 15 is 0 Å². The molecule has 0 aliphatic carbocycles. The van der Waals surface area contributed by atoms with Gasteiger partial charge in [-0.2, -0.15) is 13.2 Å². The van der Waals surface area contributed by atoms with Crippen LogP contribution >= 0.6 is 0 Å². The zero-order chi connectivity index (χ0) is 22.1. The number of hydrogen-bond acceptors (Lipinski definition) is 4. The van der Waals surface area contributed by atoms with Crippen LogP contribution in [0.2, 0.25) is 0 Å². The summed E-state index contributed by atoms with van der Waals surface area (Å²) >= 11 is 0. The van der Waals surface area contributed by atoms with Gasteiger partial charge in [-0.3, -0.25) is 4.79 Å². The highest BCUT2D eigenvalue weighted by molar-refractivity contribution is 7.89. The maximum absolute atomic E-state index is 12.8. The number of nitrogens with zero attached hydrogens (tertiary/aromatic N) is 3. The molecule has 1 amide bonds. The first-order chi connectivity index (χ1) is 14.0. The molecule has 11 heteroatoms. The molecule has 0 aliphatic rings. The SMILES string of the molecule is CN(C)S(=O)(=O)c1ccc(C(=O)NCCc2cn3cc(C(F)(F)F)ccc3n2)cc1. The summed E-state index contributed by atoms with van der Waals surface area (Å²) in [6.45, 7) is 0.215. The van der Waals surface area contributed by atoms with Gasteiger partial charge in [-0.1, -0.05) is 0 Å². The fraction of sp³-hybridized carbons (Fsp3) is 0.263. The third kappa shape index (κ3) is 4.62. The van der Waals surface area contributed by atoms with Crippen molar-refractivity contribution in [2.24, 2.45) is 0 Å². The first-order valence-electron chi connectivity index (χ1n) is 8.84. The maximum atomic E-state index is 12.8. The van der Waals surface area contributed by atoms with Crippen LogP contribution in [-0.2, 0) is 22.6 Å². The average Bonchev–Trinajstić information content (AvgIpc) is 3.09. The van der Waals surface area contributed by atoms with E-state index in [1.165, 1.54) is 55.0 Å². The van der Waals surface area contributed by atoms with E-state index in [1.54, 1.807) is 0 Å². The van der Waals surface area contributed by atoms with Crippen LogP contribution in [0.25, 0.3) is 5.65 Å². The Balaban J connectivity index is 1.62. The van der Waals surface area contributed by atoms with Crippen molar-refractivity contribution in [3.8, 4) is 0 Å². The van der Waals surface area contributed by atoms with Gasteiger partial charge in [-0.25, -0.2) is 17.7 Å². The molecule has 0 bridgehead atoms. The molecule has 2 heterocycles. The number of rotatable bonds is 6. The summed E-state index contributed by atoms with van der Waals surface area (Å²) in [4.78, 5) is 16.5. The number of alkyl halides is 3. The number of hydrogen-bond donors (Lipinski definition) is 1. The number of amides is 1. The van der Waals surface area contributed by atoms with Crippen LogP contribution < -0.4 is 5.32 Å². The van der Waals surface area contributed by atoms with Gasteiger partial charge in [-0.05, 0) is 36.4 Å². The van der Waals surface area contributed by atoms with E-state index in [2.05, 4.69) is 10.3 Å². The molecule has 0 fully saturated rings. The molecule has 0 aliphatic heterocycles. The van der Waals surface area contributed by atoms with Crippen LogP contribution in [0.1, 0.15) is 21.6 Å². The van der Waals surface area contributed by atoms with Gasteiger partial charge < -0.3 is 9.72 Å². The number of aromatic nitrogens is 2. The summed E-state index contributed by atoms with van der Waals surface area (Å²) in [6, 6.07) is 7.78. The smallest absolute Gasteiger partial charge is 0.352 e. The van der Waals surface area contributed by atoms with E-state index in [0.717, 1.165) is 16.6 Å². The second-order valence-electron chi connectivity index (χ2n) is 6.73. The average molecular weight is 440 g/mol. The summed E-state index contributed by atoms with van der Waals surface area (Å²) < 4.78 is 64.8.